The smallest absolute Gasteiger partial charge is 0.325 e. The number of nitrogens with zero attached hydrogens (tertiary/aromatic N) is 1. The third-order valence-corrected chi connectivity index (χ3v) is 3.09. The number of hydrogen-bond acceptors (Lipinski definition) is 3. The van der Waals surface area contributed by atoms with E-state index in [0.717, 1.165) is 0 Å². The molecule has 0 unspecified atom stereocenters. The van der Waals surface area contributed by atoms with E-state index in [2.05, 4.69) is 5.32 Å². The summed E-state index contributed by atoms with van der Waals surface area (Å²) >= 11 is 0. The van der Waals surface area contributed by atoms with Crippen LogP contribution >= 0.6 is 0 Å². The summed E-state index contributed by atoms with van der Waals surface area (Å²) in [5.41, 5.74) is -0.671. The quantitative estimate of drug-likeness (QED) is 0.687. The number of carbonyl (C=O) groups excluding carboxylic acids is 2. The molecule has 1 saturated heterocycles. The van der Waals surface area contributed by atoms with Crippen LogP contribution in [0.3, 0.4) is 0 Å². The van der Waals surface area contributed by atoms with Crippen LogP contribution in [0.4, 0.5) is 4.79 Å². The van der Waals surface area contributed by atoms with Crippen molar-refractivity contribution in [3.63, 3.8) is 0 Å². The van der Waals surface area contributed by atoms with Crippen molar-refractivity contribution >= 4 is 11.9 Å². The van der Waals surface area contributed by atoms with Crippen LogP contribution in [0, 0.1) is 0 Å². The third kappa shape index (κ3) is 1.84. The van der Waals surface area contributed by atoms with Crippen LogP contribution in [0.2, 0.25) is 0 Å². The highest BCUT2D eigenvalue weighted by Gasteiger charge is 2.49. The lowest BCUT2D eigenvalue weighted by Gasteiger charge is -2.33. The van der Waals surface area contributed by atoms with Crippen molar-refractivity contribution in [2.45, 2.75) is 32.2 Å². The molecule has 0 bridgehead atoms. The average molecular weight is 214 g/mol. The van der Waals surface area contributed by atoms with Gasteiger partial charge in [0.15, 0.2) is 0 Å². The Morgan fingerprint density at radius 2 is 1.93 bits per heavy atom. The molecule has 5 heteroatoms. The molecule has 1 rings (SSSR count). The monoisotopic (exact) mass is 214 g/mol. The highest BCUT2D eigenvalue weighted by molar-refractivity contribution is 6.06. The van der Waals surface area contributed by atoms with Gasteiger partial charge in [0.1, 0.15) is 5.54 Å². The van der Waals surface area contributed by atoms with Gasteiger partial charge in [0.2, 0.25) is 0 Å². The van der Waals surface area contributed by atoms with Crippen molar-refractivity contribution in [3.8, 4) is 0 Å². The Balaban J connectivity index is 2.88. The number of amides is 3. The fraction of sp³-hybridized carbons (Fsp3) is 0.800. The molecule has 1 heterocycles. The number of urea groups is 1. The van der Waals surface area contributed by atoms with Gasteiger partial charge in [0, 0.05) is 13.7 Å². The van der Waals surface area contributed by atoms with Gasteiger partial charge in [-0.3, -0.25) is 10.1 Å². The van der Waals surface area contributed by atoms with Crippen LogP contribution < -0.4 is 5.32 Å². The van der Waals surface area contributed by atoms with E-state index in [1.54, 1.807) is 12.0 Å². The minimum atomic E-state index is -0.671. The Kier molecular flexibility index (Phi) is 3.68. The second kappa shape index (κ2) is 4.61. The molecule has 0 atom stereocenters. The summed E-state index contributed by atoms with van der Waals surface area (Å²) in [5, 5.41) is 2.36. The maximum atomic E-state index is 11.7. The van der Waals surface area contributed by atoms with Gasteiger partial charge in [-0.1, -0.05) is 13.8 Å². The lowest BCUT2D eigenvalue weighted by atomic mass is 9.91. The van der Waals surface area contributed by atoms with Gasteiger partial charge < -0.3 is 9.64 Å². The highest BCUT2D eigenvalue weighted by atomic mass is 16.5. The first-order valence-electron chi connectivity index (χ1n) is 5.24. The molecule has 1 N–H and O–H groups in total. The lowest BCUT2D eigenvalue weighted by molar-refractivity contribution is -0.127. The molecule has 1 fully saturated rings. The summed E-state index contributed by atoms with van der Waals surface area (Å²) in [4.78, 5) is 24.9. The first-order valence-corrected chi connectivity index (χ1v) is 5.24. The summed E-state index contributed by atoms with van der Waals surface area (Å²) < 4.78 is 4.94. The van der Waals surface area contributed by atoms with E-state index >= 15 is 0 Å². The van der Waals surface area contributed by atoms with Crippen molar-refractivity contribution in [1.82, 2.24) is 10.2 Å². The molecule has 15 heavy (non-hydrogen) atoms. The van der Waals surface area contributed by atoms with Crippen LogP contribution in [0.15, 0.2) is 0 Å². The Bertz CT molecular complexity index is 261. The number of carbonyl (C=O) groups is 2. The van der Waals surface area contributed by atoms with Gasteiger partial charge in [-0.05, 0) is 12.8 Å². The fourth-order valence-electron chi connectivity index (χ4n) is 2.05. The fourth-order valence-corrected chi connectivity index (χ4v) is 2.05. The number of rotatable bonds is 5. The Morgan fingerprint density at radius 3 is 2.40 bits per heavy atom. The SMILES string of the molecule is CCC1(CC)C(=O)NC(=O)N1CCOC. The number of nitrogens with one attached hydrogen (secondary N) is 1. The predicted octanol–water partition coefficient (Wildman–Crippen LogP) is 0.743. The molecule has 0 aromatic rings. The maximum absolute atomic E-state index is 11.7. The average Bonchev–Trinajstić information content (AvgIpc) is 2.47. The van der Waals surface area contributed by atoms with Crippen LogP contribution in [-0.4, -0.2) is 42.6 Å². The van der Waals surface area contributed by atoms with Crippen molar-refractivity contribution in [3.05, 3.63) is 0 Å². The minimum absolute atomic E-state index is 0.186. The molecule has 0 aromatic carbocycles. The van der Waals surface area contributed by atoms with Gasteiger partial charge in [-0.2, -0.15) is 0 Å². The Hall–Kier alpha value is -1.10. The zero-order valence-electron chi connectivity index (χ0n) is 9.50. The zero-order chi connectivity index (χ0) is 11.5. The first-order chi connectivity index (χ1) is 7.12. The van der Waals surface area contributed by atoms with E-state index in [1.807, 2.05) is 13.8 Å². The van der Waals surface area contributed by atoms with Crippen LogP contribution in [0.5, 0.6) is 0 Å². The molecule has 1 aliphatic heterocycles. The van der Waals surface area contributed by atoms with Gasteiger partial charge in [0.25, 0.3) is 5.91 Å². The maximum Gasteiger partial charge on any atom is 0.325 e. The minimum Gasteiger partial charge on any atom is -0.383 e. The summed E-state index contributed by atoms with van der Waals surface area (Å²) in [6.45, 7) is 4.74. The lowest BCUT2D eigenvalue weighted by Crippen LogP contribution is -2.49. The molecule has 0 radical (unpaired) electrons. The van der Waals surface area contributed by atoms with E-state index < -0.39 is 5.54 Å². The van der Waals surface area contributed by atoms with Gasteiger partial charge in [0.05, 0.1) is 6.61 Å². The molecular formula is C10H18N2O3. The van der Waals surface area contributed by atoms with E-state index in [9.17, 15) is 9.59 Å². The molecule has 0 saturated carbocycles. The van der Waals surface area contributed by atoms with E-state index in [4.69, 9.17) is 4.74 Å². The molecular weight excluding hydrogens is 196 g/mol. The molecule has 0 aromatic heterocycles. The van der Waals surface area contributed by atoms with Gasteiger partial charge >= 0.3 is 6.03 Å². The second-order valence-electron chi connectivity index (χ2n) is 3.64. The normalized spacial score (nSPS) is 19.5. The molecule has 0 aliphatic carbocycles. The zero-order valence-corrected chi connectivity index (χ0v) is 9.50. The van der Waals surface area contributed by atoms with Crippen molar-refractivity contribution in [2.75, 3.05) is 20.3 Å². The molecule has 86 valence electrons. The van der Waals surface area contributed by atoms with Gasteiger partial charge in [-0.15, -0.1) is 0 Å². The van der Waals surface area contributed by atoms with Crippen LogP contribution in [-0.2, 0) is 9.53 Å². The topological polar surface area (TPSA) is 58.6 Å². The third-order valence-electron chi connectivity index (χ3n) is 3.09. The second-order valence-corrected chi connectivity index (χ2v) is 3.64. The van der Waals surface area contributed by atoms with Crippen molar-refractivity contribution < 1.29 is 14.3 Å². The van der Waals surface area contributed by atoms with Crippen LogP contribution in [0.25, 0.3) is 0 Å². The Labute approximate surface area is 89.8 Å². The standard InChI is InChI=1S/C10H18N2O3/c1-4-10(5-2)8(13)11-9(14)12(10)6-7-15-3/h4-7H2,1-3H3,(H,11,13,14). The van der Waals surface area contributed by atoms with Crippen LogP contribution in [0.1, 0.15) is 26.7 Å². The van der Waals surface area contributed by atoms with Gasteiger partial charge in [-0.25, -0.2) is 4.79 Å². The summed E-state index contributed by atoms with van der Waals surface area (Å²) in [6, 6.07) is -0.305. The van der Waals surface area contributed by atoms with E-state index in [1.165, 1.54) is 0 Å². The molecule has 3 amide bonds. The molecule has 1 aliphatic rings. The van der Waals surface area contributed by atoms with E-state index in [0.29, 0.717) is 26.0 Å². The number of imide groups is 1. The summed E-state index contributed by atoms with van der Waals surface area (Å²) in [6.07, 6.45) is 1.26. The number of ether oxygens (including phenoxy) is 1. The number of methoxy groups -OCH3 is 1. The van der Waals surface area contributed by atoms with Crippen molar-refractivity contribution in [1.29, 1.82) is 0 Å². The number of hydrogen-bond donors (Lipinski definition) is 1. The Morgan fingerprint density at radius 1 is 1.33 bits per heavy atom. The van der Waals surface area contributed by atoms with Crippen molar-refractivity contribution in [2.24, 2.45) is 0 Å². The molecule has 5 nitrogen and oxygen atoms in total. The first kappa shape index (κ1) is 12.0. The largest absolute Gasteiger partial charge is 0.383 e. The van der Waals surface area contributed by atoms with E-state index in [-0.39, 0.29) is 11.9 Å². The summed E-state index contributed by atoms with van der Waals surface area (Å²) in [5.74, 6) is -0.186. The predicted molar refractivity (Wildman–Crippen MR) is 55.4 cm³/mol. The highest BCUT2D eigenvalue weighted by Crippen LogP contribution is 2.28. The summed E-state index contributed by atoms with van der Waals surface area (Å²) in [7, 11) is 1.58. The molecule has 0 spiro atoms.